The van der Waals surface area contributed by atoms with Crippen molar-refractivity contribution in [2.24, 2.45) is 0 Å². The Morgan fingerprint density at radius 3 is 2.50 bits per heavy atom. The van der Waals surface area contributed by atoms with Crippen LogP contribution >= 0.6 is 0 Å². The maximum absolute atomic E-state index is 13.3. The van der Waals surface area contributed by atoms with Crippen molar-refractivity contribution in [2.75, 3.05) is 18.0 Å². The summed E-state index contributed by atoms with van der Waals surface area (Å²) in [5.74, 6) is 0.190. The summed E-state index contributed by atoms with van der Waals surface area (Å²) in [5.41, 5.74) is 4.51. The molecular formula is C21H28N4O. The van der Waals surface area contributed by atoms with E-state index in [0.717, 1.165) is 50.8 Å². The summed E-state index contributed by atoms with van der Waals surface area (Å²) in [6, 6.07) is 8.88. The van der Waals surface area contributed by atoms with Crippen molar-refractivity contribution >= 4 is 11.6 Å². The molecule has 0 bridgehead atoms. The minimum absolute atomic E-state index is 0.190. The number of aromatic amines is 1. The largest absolute Gasteiger partial charge is 0.372 e. The quantitative estimate of drug-likeness (QED) is 0.867. The Bertz CT molecular complexity index is 759. The van der Waals surface area contributed by atoms with Gasteiger partial charge in [-0.25, -0.2) is 0 Å². The predicted octanol–water partition coefficient (Wildman–Crippen LogP) is 3.42. The van der Waals surface area contributed by atoms with Crippen LogP contribution in [0.15, 0.2) is 30.5 Å². The van der Waals surface area contributed by atoms with Crippen molar-refractivity contribution in [1.29, 1.82) is 0 Å². The van der Waals surface area contributed by atoms with Crippen molar-refractivity contribution in [3.63, 3.8) is 0 Å². The molecule has 0 saturated heterocycles. The van der Waals surface area contributed by atoms with Gasteiger partial charge in [0.1, 0.15) is 0 Å². The third-order valence-corrected chi connectivity index (χ3v) is 5.80. The first kappa shape index (κ1) is 17.1. The number of carbonyl (C=O) groups is 1. The molecule has 138 valence electrons. The Morgan fingerprint density at radius 1 is 1.12 bits per heavy atom. The number of rotatable bonds is 6. The minimum Gasteiger partial charge on any atom is -0.372 e. The SMILES string of the molecule is CCN(CC)c1ccc(C(=O)N(C2CC2)C2CCc3[nH]ncc3C2)cc1. The highest BCUT2D eigenvalue weighted by molar-refractivity contribution is 5.95. The number of fused-ring (bicyclic) bond motifs is 1. The highest BCUT2D eigenvalue weighted by Gasteiger charge is 2.39. The van der Waals surface area contributed by atoms with Crippen molar-refractivity contribution in [2.45, 2.75) is 58.0 Å². The van der Waals surface area contributed by atoms with Crippen LogP contribution in [0.5, 0.6) is 0 Å². The lowest BCUT2D eigenvalue weighted by Crippen LogP contribution is -2.44. The summed E-state index contributed by atoms with van der Waals surface area (Å²) in [6.07, 6.45) is 7.13. The van der Waals surface area contributed by atoms with E-state index in [9.17, 15) is 4.79 Å². The van der Waals surface area contributed by atoms with Gasteiger partial charge in [-0.15, -0.1) is 0 Å². The molecule has 1 saturated carbocycles. The molecule has 1 amide bonds. The molecule has 1 aromatic carbocycles. The Kier molecular flexibility index (Phi) is 4.70. The lowest BCUT2D eigenvalue weighted by Gasteiger charge is -2.34. The van der Waals surface area contributed by atoms with Crippen LogP contribution in [0, 0.1) is 0 Å². The van der Waals surface area contributed by atoms with Crippen molar-refractivity contribution < 1.29 is 4.79 Å². The minimum atomic E-state index is 0.190. The number of hydrogen-bond acceptors (Lipinski definition) is 3. The number of amides is 1. The molecule has 0 spiro atoms. The third-order valence-electron chi connectivity index (χ3n) is 5.80. The number of hydrogen-bond donors (Lipinski definition) is 1. The van der Waals surface area contributed by atoms with Crippen LogP contribution in [0.1, 0.15) is 54.7 Å². The lowest BCUT2D eigenvalue weighted by atomic mass is 9.91. The molecule has 2 aliphatic carbocycles. The van der Waals surface area contributed by atoms with Gasteiger partial charge >= 0.3 is 0 Å². The van der Waals surface area contributed by atoms with Gasteiger partial charge in [0.2, 0.25) is 0 Å². The van der Waals surface area contributed by atoms with Crippen LogP contribution in [-0.2, 0) is 12.8 Å². The molecule has 26 heavy (non-hydrogen) atoms. The molecule has 5 heteroatoms. The number of aromatic nitrogens is 2. The predicted molar refractivity (Wildman–Crippen MR) is 104 cm³/mol. The van der Waals surface area contributed by atoms with Crippen molar-refractivity contribution in [3.05, 3.63) is 47.3 Å². The average Bonchev–Trinajstić information content (AvgIpc) is 3.39. The Balaban J connectivity index is 1.53. The number of anilines is 1. The first-order valence-electron chi connectivity index (χ1n) is 9.90. The van der Waals surface area contributed by atoms with Gasteiger partial charge < -0.3 is 9.80 Å². The number of H-pyrrole nitrogens is 1. The summed E-state index contributed by atoms with van der Waals surface area (Å²) < 4.78 is 0. The van der Waals surface area contributed by atoms with E-state index in [1.54, 1.807) is 0 Å². The Hall–Kier alpha value is -2.30. The molecule has 4 rings (SSSR count). The van der Waals surface area contributed by atoms with Gasteiger partial charge in [-0.3, -0.25) is 9.89 Å². The summed E-state index contributed by atoms with van der Waals surface area (Å²) in [6.45, 7) is 6.27. The maximum atomic E-state index is 13.3. The molecule has 0 radical (unpaired) electrons. The molecule has 1 aromatic heterocycles. The molecule has 5 nitrogen and oxygen atoms in total. The van der Waals surface area contributed by atoms with Crippen molar-refractivity contribution in [3.8, 4) is 0 Å². The maximum Gasteiger partial charge on any atom is 0.254 e. The van der Waals surface area contributed by atoms with E-state index in [1.165, 1.54) is 16.9 Å². The Labute approximate surface area is 155 Å². The Morgan fingerprint density at radius 2 is 1.85 bits per heavy atom. The topological polar surface area (TPSA) is 52.2 Å². The molecule has 2 aliphatic rings. The first-order valence-corrected chi connectivity index (χ1v) is 9.90. The summed E-state index contributed by atoms with van der Waals surface area (Å²) in [7, 11) is 0. The number of carbonyl (C=O) groups excluding carboxylic acids is 1. The fourth-order valence-electron chi connectivity index (χ4n) is 4.17. The van der Waals surface area contributed by atoms with Crippen LogP contribution in [0.2, 0.25) is 0 Å². The highest BCUT2D eigenvalue weighted by atomic mass is 16.2. The molecule has 1 fully saturated rings. The zero-order valence-electron chi connectivity index (χ0n) is 15.7. The van der Waals surface area contributed by atoms with E-state index in [1.807, 2.05) is 18.3 Å². The van der Waals surface area contributed by atoms with Gasteiger partial charge in [-0.05, 0) is 75.8 Å². The third kappa shape index (κ3) is 3.22. The van der Waals surface area contributed by atoms with Gasteiger partial charge in [-0.2, -0.15) is 5.10 Å². The fourth-order valence-corrected chi connectivity index (χ4v) is 4.17. The smallest absolute Gasteiger partial charge is 0.254 e. The number of aryl methyl sites for hydroxylation is 1. The second-order valence-electron chi connectivity index (χ2n) is 7.43. The molecule has 0 aliphatic heterocycles. The zero-order chi connectivity index (χ0) is 18.1. The number of nitrogens with zero attached hydrogens (tertiary/aromatic N) is 3. The van der Waals surface area contributed by atoms with E-state index in [0.29, 0.717) is 12.1 Å². The summed E-state index contributed by atoms with van der Waals surface area (Å²) >= 11 is 0. The zero-order valence-corrected chi connectivity index (χ0v) is 15.7. The van der Waals surface area contributed by atoms with Crippen molar-refractivity contribution in [1.82, 2.24) is 15.1 Å². The van der Waals surface area contributed by atoms with Gasteiger partial charge in [-0.1, -0.05) is 0 Å². The molecule has 1 atom stereocenters. The second-order valence-corrected chi connectivity index (χ2v) is 7.43. The number of benzene rings is 1. The van der Waals surface area contributed by atoms with Gasteiger partial charge in [0.05, 0.1) is 6.20 Å². The van der Waals surface area contributed by atoms with E-state index >= 15 is 0 Å². The monoisotopic (exact) mass is 352 g/mol. The fraction of sp³-hybridized carbons (Fsp3) is 0.524. The van der Waals surface area contributed by atoms with Crippen LogP contribution in [-0.4, -0.2) is 46.2 Å². The van der Waals surface area contributed by atoms with Gasteiger partial charge in [0, 0.05) is 42.1 Å². The van der Waals surface area contributed by atoms with Crippen LogP contribution in [0.4, 0.5) is 5.69 Å². The normalized spacial score (nSPS) is 19.1. The van der Waals surface area contributed by atoms with E-state index in [4.69, 9.17) is 0 Å². The highest BCUT2D eigenvalue weighted by Crippen LogP contribution is 2.34. The molecule has 1 unspecified atom stereocenters. The van der Waals surface area contributed by atoms with E-state index in [2.05, 4.69) is 46.0 Å². The van der Waals surface area contributed by atoms with E-state index in [-0.39, 0.29) is 5.91 Å². The van der Waals surface area contributed by atoms with Gasteiger partial charge in [0.15, 0.2) is 0 Å². The lowest BCUT2D eigenvalue weighted by molar-refractivity contribution is 0.0643. The standard InChI is InChI=1S/C21H28N4O/c1-3-24(4-2)17-7-5-15(6-8-17)21(26)25(18-9-10-18)19-11-12-20-16(13-19)14-22-23-20/h5-8,14,18-19H,3-4,9-13H2,1-2H3,(H,22,23). The summed E-state index contributed by atoms with van der Waals surface area (Å²) in [4.78, 5) is 17.8. The molecule has 1 heterocycles. The molecule has 2 aromatic rings. The summed E-state index contributed by atoms with van der Waals surface area (Å²) in [5, 5.41) is 7.26. The van der Waals surface area contributed by atoms with Crippen LogP contribution < -0.4 is 4.90 Å². The molecule has 1 N–H and O–H groups in total. The van der Waals surface area contributed by atoms with Crippen LogP contribution in [0.3, 0.4) is 0 Å². The van der Waals surface area contributed by atoms with Gasteiger partial charge in [0.25, 0.3) is 5.91 Å². The molecular weight excluding hydrogens is 324 g/mol. The first-order chi connectivity index (χ1) is 12.7. The van der Waals surface area contributed by atoms with Crippen LogP contribution in [0.25, 0.3) is 0 Å². The second kappa shape index (κ2) is 7.14. The number of nitrogens with one attached hydrogen (secondary N) is 1. The average molecular weight is 352 g/mol. The van der Waals surface area contributed by atoms with E-state index < -0.39 is 0 Å².